The summed E-state index contributed by atoms with van der Waals surface area (Å²) in [5.74, 6) is 0. The molecule has 0 atom stereocenters. The fourth-order valence-electron chi connectivity index (χ4n) is 0. The van der Waals surface area contributed by atoms with Crippen LogP contribution in [-0.4, -0.2) is 84.4 Å². The van der Waals surface area contributed by atoms with Crippen LogP contribution in [0.4, 0.5) is 0 Å². The fraction of sp³-hybridized carbons (Fsp3) is 0. The van der Waals surface area contributed by atoms with Crippen LogP contribution < -0.4 is 24.8 Å². The number of hydrogen-bond donors (Lipinski definition) is 0. The molecule has 14 N–H and O–H groups in total. The first kappa shape index (κ1) is 535. The average Bonchev–Trinajstić information content (AvgIpc) is 0. The van der Waals surface area contributed by atoms with Crippen molar-refractivity contribution >= 4 is 46.1 Å². The summed E-state index contributed by atoms with van der Waals surface area (Å²) in [5.41, 5.74) is 0. The predicted octanol–water partition coefficient (Wildman–Crippen LogP) is -12.3. The fourth-order valence-corrected chi connectivity index (χ4v) is 0. The van der Waals surface area contributed by atoms with Crippen molar-refractivity contribution in [1.82, 2.24) is 0 Å². The minimum Gasteiger partial charge on any atom is -1.00 e. The molecule has 0 unspecified atom stereocenters. The Kier molecular flexibility index (Phi) is 20100. The summed E-state index contributed by atoms with van der Waals surface area (Å²) in [4.78, 5) is 0. The van der Waals surface area contributed by atoms with Crippen molar-refractivity contribution < 1.29 is 66.0 Å². The van der Waals surface area contributed by atoms with Crippen molar-refractivity contribution in [3.05, 3.63) is 0 Å². The summed E-state index contributed by atoms with van der Waals surface area (Å²) in [5, 5.41) is 0. The number of rotatable bonds is 0. The van der Waals surface area contributed by atoms with Crippen molar-refractivity contribution in [2.24, 2.45) is 0 Å². The second kappa shape index (κ2) is 413. The number of hydrogen-bond acceptors (Lipinski definition) is 0. The molecule has 0 aromatic heterocycles. The maximum Gasteiger partial charge on any atom is 2.00 e. The zero-order valence-corrected chi connectivity index (χ0v) is 10.0. The van der Waals surface area contributed by atoms with E-state index >= 15 is 0 Å². The van der Waals surface area contributed by atoms with Crippen LogP contribution in [0.15, 0.2) is 0 Å². The van der Waals surface area contributed by atoms with Gasteiger partial charge in [-0.3, -0.25) is 0 Å². The molecule has 0 aromatic rings. The second-order valence-electron chi connectivity index (χ2n) is 0. The van der Waals surface area contributed by atoms with E-state index in [1.54, 1.807) is 0 Å². The Balaban J connectivity index is 0. The van der Waals surface area contributed by atoms with Gasteiger partial charge in [-0.1, -0.05) is 0 Å². The third kappa shape index (κ3) is 341. The predicted molar refractivity (Wildman–Crippen MR) is 39.0 cm³/mol. The molecule has 0 aromatic carbocycles. The first-order valence-electron chi connectivity index (χ1n) is 0. The van der Waals surface area contributed by atoms with Crippen LogP contribution >= 0.6 is 0 Å². The van der Waals surface area contributed by atoms with Crippen LogP contribution in [0.25, 0.3) is 0 Å². The smallest absolute Gasteiger partial charge is 1.00 e. The molecule has 11 heteroatoms. The Hall–Kier alpha value is 1.83. The van der Waals surface area contributed by atoms with Gasteiger partial charge >= 0.3 is 46.1 Å². The van der Waals surface area contributed by atoms with Gasteiger partial charge in [0, 0.05) is 0 Å². The Morgan fingerprint density at radius 1 is 0.364 bits per heavy atom. The van der Waals surface area contributed by atoms with E-state index in [1.165, 1.54) is 0 Å². The quantitative estimate of drug-likeness (QED) is 0.364. The van der Waals surface area contributed by atoms with Gasteiger partial charge in [-0.05, 0) is 0 Å². The normalized spacial score (nSPS) is 0. The minimum atomic E-state index is 0. The molecule has 0 aliphatic heterocycles. The summed E-state index contributed by atoms with van der Waals surface area (Å²) in [7, 11) is 0. The van der Waals surface area contributed by atoms with Gasteiger partial charge in [0.05, 0.1) is 0 Å². The minimum absolute atomic E-state index is 0. The van der Waals surface area contributed by atoms with Crippen LogP contribution in [0, 0.1) is 0 Å². The van der Waals surface area contributed by atoms with E-state index in [0.717, 1.165) is 0 Å². The van der Waals surface area contributed by atoms with Crippen LogP contribution in [0.3, 0.4) is 0 Å². The Morgan fingerprint density at radius 3 is 0.364 bits per heavy atom. The largest absolute Gasteiger partial charge is 2.00 e. The van der Waals surface area contributed by atoms with Gasteiger partial charge in [0.1, 0.15) is 0 Å². The van der Waals surface area contributed by atoms with Gasteiger partial charge < -0.3 is 66.0 Å². The van der Waals surface area contributed by atoms with E-state index in [2.05, 4.69) is 0 Å². The molecule has 0 bridgehead atoms. The Labute approximate surface area is 112 Å². The molecule has 0 radical (unpaired) electrons. The molecule has 0 aliphatic carbocycles. The number of halogens is 2. The van der Waals surface area contributed by atoms with Crippen molar-refractivity contribution in [1.29, 1.82) is 0 Å². The van der Waals surface area contributed by atoms with Crippen molar-refractivity contribution in [2.45, 2.75) is 0 Å². The molecule has 76 valence electrons. The van der Waals surface area contributed by atoms with Crippen molar-refractivity contribution in [3.8, 4) is 0 Å². The summed E-state index contributed by atoms with van der Waals surface area (Å²) < 4.78 is 0. The van der Waals surface area contributed by atoms with E-state index in [4.69, 9.17) is 0 Å². The van der Waals surface area contributed by atoms with Gasteiger partial charge in [-0.25, -0.2) is 0 Å². The van der Waals surface area contributed by atoms with Crippen molar-refractivity contribution in [2.75, 3.05) is 0 Å². The second-order valence-corrected chi connectivity index (χ2v) is 0. The topological polar surface area (TPSA) is 220 Å². The van der Waals surface area contributed by atoms with Gasteiger partial charge in [0.2, 0.25) is 0 Å². The Morgan fingerprint density at radius 2 is 0.364 bits per heavy atom. The van der Waals surface area contributed by atoms with Gasteiger partial charge in [-0.15, -0.1) is 0 Å². The van der Waals surface area contributed by atoms with E-state index in [9.17, 15) is 0 Å². The molecule has 0 spiro atoms. The van der Waals surface area contributed by atoms with Crippen LogP contribution in [0.1, 0.15) is 2.85 Å². The molecule has 0 fully saturated rings. The van der Waals surface area contributed by atoms with Gasteiger partial charge in [-0.2, -0.15) is 0 Å². The average molecular weight is 248 g/mol. The van der Waals surface area contributed by atoms with E-state index in [1.807, 2.05) is 0 Å². The Bertz CT molecular complexity index is 22.5. The molecule has 0 saturated carbocycles. The molecule has 0 saturated heterocycles. The first-order chi connectivity index (χ1) is 0. The molecular weight excluding hydrogens is 232 g/mol. The van der Waals surface area contributed by atoms with Gasteiger partial charge in [0.15, 0.2) is 0 Å². The molecule has 0 aliphatic rings. The zero-order chi connectivity index (χ0) is 0. The van der Waals surface area contributed by atoms with Gasteiger partial charge in [0.25, 0.3) is 0 Å². The van der Waals surface area contributed by atoms with Crippen LogP contribution in [0.2, 0.25) is 0 Å². The monoisotopic (exact) mass is 246 g/mol. The van der Waals surface area contributed by atoms with E-state index in [0.29, 0.717) is 0 Å². The van der Waals surface area contributed by atoms with Crippen LogP contribution in [0.5, 0.6) is 0 Å². The van der Waals surface area contributed by atoms with Crippen LogP contribution in [-0.2, 0) is 0 Å². The zero-order valence-electron chi connectivity index (χ0n) is 7.67. The standard InChI is InChI=1S/2ClH.2Mg.7H2O.2H/h2*1H;;;7*1H2;;/q;;2*+2;;;;;;;;2*-1/p-2. The van der Waals surface area contributed by atoms with E-state index in [-0.39, 0.29) is 112 Å². The summed E-state index contributed by atoms with van der Waals surface area (Å²) in [6.07, 6.45) is 0. The third-order valence-electron chi connectivity index (χ3n) is 0. The molecular formula is H16Cl2Mg2O7. The first-order valence-corrected chi connectivity index (χ1v) is 0. The molecule has 7 nitrogen and oxygen atoms in total. The third-order valence-corrected chi connectivity index (χ3v) is 0. The molecule has 0 rings (SSSR count). The summed E-state index contributed by atoms with van der Waals surface area (Å²) >= 11 is 0. The maximum atomic E-state index is 0. The molecule has 0 amide bonds. The van der Waals surface area contributed by atoms with E-state index < -0.39 is 0 Å². The summed E-state index contributed by atoms with van der Waals surface area (Å²) in [6, 6.07) is 0. The van der Waals surface area contributed by atoms with Crippen molar-refractivity contribution in [3.63, 3.8) is 0 Å². The SMILES string of the molecule is O.O.O.O.O.O.O.[Cl-].[Cl-].[H-].[H-].[Mg+2].[Mg+2]. The molecule has 11 heavy (non-hydrogen) atoms. The maximum absolute atomic E-state index is 0. The summed E-state index contributed by atoms with van der Waals surface area (Å²) in [6.45, 7) is 0. The molecule has 0 heterocycles.